The van der Waals surface area contributed by atoms with Gasteiger partial charge in [0.25, 0.3) is 0 Å². The van der Waals surface area contributed by atoms with Crippen LogP contribution in [0.4, 0.5) is 4.39 Å². The Hall–Kier alpha value is -1.94. The molecule has 0 amide bonds. The number of hydrogen-bond acceptors (Lipinski definition) is 3. The van der Waals surface area contributed by atoms with Gasteiger partial charge in [-0.1, -0.05) is 6.92 Å². The summed E-state index contributed by atoms with van der Waals surface area (Å²) < 4.78 is 18.9. The van der Waals surface area contributed by atoms with Crippen molar-refractivity contribution in [2.45, 2.75) is 32.7 Å². The van der Waals surface area contributed by atoms with Gasteiger partial charge >= 0.3 is 0 Å². The average molecular weight is 274 g/mol. The van der Waals surface area contributed by atoms with Crippen molar-refractivity contribution in [2.24, 2.45) is 5.73 Å². The fourth-order valence-electron chi connectivity index (χ4n) is 1.90. The van der Waals surface area contributed by atoms with Gasteiger partial charge in [-0.15, -0.1) is 0 Å². The summed E-state index contributed by atoms with van der Waals surface area (Å²) in [6.45, 7) is 3.76. The lowest BCUT2D eigenvalue weighted by molar-refractivity contribution is 0.476. The minimum absolute atomic E-state index is 0.125. The van der Waals surface area contributed by atoms with Crippen LogP contribution in [0.15, 0.2) is 36.7 Å². The molecule has 0 saturated carbocycles. The molecule has 1 aromatic carbocycles. The van der Waals surface area contributed by atoms with Crippen molar-refractivity contribution in [3.63, 3.8) is 0 Å². The van der Waals surface area contributed by atoms with Gasteiger partial charge in [0.2, 0.25) is 0 Å². The lowest BCUT2D eigenvalue weighted by atomic mass is 10.1. The van der Waals surface area contributed by atoms with Gasteiger partial charge in [0, 0.05) is 12.2 Å². The number of nitrogens with zero attached hydrogens (tertiary/aromatic N) is 1. The van der Waals surface area contributed by atoms with Gasteiger partial charge in [-0.25, -0.2) is 4.39 Å². The number of aromatic nitrogens is 1. The number of aryl methyl sites for hydroxylation is 1. The van der Waals surface area contributed by atoms with E-state index in [-0.39, 0.29) is 11.9 Å². The third-order valence-corrected chi connectivity index (χ3v) is 3.16. The van der Waals surface area contributed by atoms with E-state index in [1.807, 2.05) is 6.07 Å². The molecule has 2 rings (SSSR count). The number of halogens is 1. The monoisotopic (exact) mass is 274 g/mol. The zero-order valence-electron chi connectivity index (χ0n) is 11.8. The second kappa shape index (κ2) is 6.48. The Morgan fingerprint density at radius 1 is 1.25 bits per heavy atom. The summed E-state index contributed by atoms with van der Waals surface area (Å²) in [6.07, 6.45) is 5.11. The fourth-order valence-corrected chi connectivity index (χ4v) is 1.90. The standard InChI is InChI=1S/C16H19FN2O/c1-3-13(18)7-12-8-15(10-19-9-12)20-14-4-5-16(17)11(2)6-14/h4-6,8-10,13H,3,7,18H2,1-2H3. The molecule has 20 heavy (non-hydrogen) atoms. The van der Waals surface area contributed by atoms with E-state index in [1.54, 1.807) is 31.5 Å². The maximum Gasteiger partial charge on any atom is 0.145 e. The highest BCUT2D eigenvalue weighted by Gasteiger charge is 2.05. The molecule has 0 saturated heterocycles. The number of ether oxygens (including phenoxy) is 1. The van der Waals surface area contributed by atoms with Gasteiger partial charge in [0.15, 0.2) is 0 Å². The molecule has 1 unspecified atom stereocenters. The Balaban J connectivity index is 2.12. The topological polar surface area (TPSA) is 48.1 Å². The van der Waals surface area contributed by atoms with E-state index in [2.05, 4.69) is 11.9 Å². The third kappa shape index (κ3) is 3.78. The van der Waals surface area contributed by atoms with Crippen LogP contribution in [-0.2, 0) is 6.42 Å². The van der Waals surface area contributed by atoms with E-state index >= 15 is 0 Å². The van der Waals surface area contributed by atoms with Crippen LogP contribution in [0.2, 0.25) is 0 Å². The van der Waals surface area contributed by atoms with Crippen LogP contribution in [0.5, 0.6) is 11.5 Å². The zero-order valence-corrected chi connectivity index (χ0v) is 11.8. The lowest BCUT2D eigenvalue weighted by Gasteiger charge is -2.10. The van der Waals surface area contributed by atoms with Gasteiger partial charge in [-0.2, -0.15) is 0 Å². The van der Waals surface area contributed by atoms with Gasteiger partial charge in [0.05, 0.1) is 6.20 Å². The van der Waals surface area contributed by atoms with Crippen molar-refractivity contribution in [3.8, 4) is 11.5 Å². The predicted molar refractivity (Wildman–Crippen MR) is 77.4 cm³/mol. The molecule has 3 nitrogen and oxygen atoms in total. The number of hydrogen-bond donors (Lipinski definition) is 1. The van der Waals surface area contributed by atoms with Crippen molar-refractivity contribution in [1.29, 1.82) is 0 Å². The predicted octanol–water partition coefficient (Wildman–Crippen LogP) is 3.60. The van der Waals surface area contributed by atoms with Crippen LogP contribution in [0.3, 0.4) is 0 Å². The molecule has 0 spiro atoms. The molecule has 0 aliphatic rings. The molecule has 2 N–H and O–H groups in total. The second-order valence-corrected chi connectivity index (χ2v) is 4.91. The minimum Gasteiger partial charge on any atom is -0.456 e. The van der Waals surface area contributed by atoms with E-state index in [9.17, 15) is 4.39 Å². The van der Waals surface area contributed by atoms with E-state index in [1.165, 1.54) is 6.07 Å². The number of benzene rings is 1. The Morgan fingerprint density at radius 3 is 2.75 bits per heavy atom. The van der Waals surface area contributed by atoms with Gasteiger partial charge < -0.3 is 10.5 Å². The minimum atomic E-state index is -0.238. The molecule has 106 valence electrons. The molecule has 0 aliphatic heterocycles. The maximum absolute atomic E-state index is 13.2. The fraction of sp³-hybridized carbons (Fsp3) is 0.312. The van der Waals surface area contributed by atoms with Crippen LogP contribution in [0.25, 0.3) is 0 Å². The zero-order chi connectivity index (χ0) is 14.5. The Labute approximate surface area is 118 Å². The van der Waals surface area contributed by atoms with Crippen molar-refractivity contribution < 1.29 is 9.13 Å². The van der Waals surface area contributed by atoms with Crippen LogP contribution < -0.4 is 10.5 Å². The molecule has 2 aromatic rings. The molecule has 0 bridgehead atoms. The highest BCUT2D eigenvalue weighted by Crippen LogP contribution is 2.23. The van der Waals surface area contributed by atoms with Crippen LogP contribution in [0, 0.1) is 12.7 Å². The molecule has 1 atom stereocenters. The first-order valence-electron chi connectivity index (χ1n) is 6.72. The van der Waals surface area contributed by atoms with Crippen molar-refractivity contribution in [1.82, 2.24) is 4.98 Å². The summed E-state index contributed by atoms with van der Waals surface area (Å²) in [5.41, 5.74) is 7.53. The average Bonchev–Trinajstić information content (AvgIpc) is 2.43. The molecular formula is C16H19FN2O. The highest BCUT2D eigenvalue weighted by molar-refractivity contribution is 5.34. The molecular weight excluding hydrogens is 255 g/mol. The Kier molecular flexibility index (Phi) is 4.69. The van der Waals surface area contributed by atoms with E-state index in [4.69, 9.17) is 10.5 Å². The highest BCUT2D eigenvalue weighted by atomic mass is 19.1. The van der Waals surface area contributed by atoms with Gasteiger partial charge in [-0.3, -0.25) is 4.98 Å². The third-order valence-electron chi connectivity index (χ3n) is 3.16. The van der Waals surface area contributed by atoms with Crippen LogP contribution >= 0.6 is 0 Å². The largest absolute Gasteiger partial charge is 0.456 e. The first-order chi connectivity index (χ1) is 9.58. The summed E-state index contributed by atoms with van der Waals surface area (Å²) >= 11 is 0. The van der Waals surface area contributed by atoms with Crippen molar-refractivity contribution >= 4 is 0 Å². The van der Waals surface area contributed by atoms with Crippen molar-refractivity contribution in [3.05, 3.63) is 53.6 Å². The quantitative estimate of drug-likeness (QED) is 0.906. The molecule has 4 heteroatoms. The first-order valence-corrected chi connectivity index (χ1v) is 6.72. The Morgan fingerprint density at radius 2 is 2.05 bits per heavy atom. The van der Waals surface area contributed by atoms with Crippen LogP contribution in [0.1, 0.15) is 24.5 Å². The summed E-state index contributed by atoms with van der Waals surface area (Å²) in [5.74, 6) is 0.998. The second-order valence-electron chi connectivity index (χ2n) is 4.91. The summed E-state index contributed by atoms with van der Waals surface area (Å²) in [7, 11) is 0. The SMILES string of the molecule is CCC(N)Cc1cncc(Oc2ccc(F)c(C)c2)c1. The summed E-state index contributed by atoms with van der Waals surface area (Å²) in [5, 5.41) is 0. The number of rotatable bonds is 5. The lowest BCUT2D eigenvalue weighted by Crippen LogP contribution is -2.21. The molecule has 0 fully saturated rings. The molecule has 1 heterocycles. The van der Waals surface area contributed by atoms with Crippen LogP contribution in [-0.4, -0.2) is 11.0 Å². The smallest absolute Gasteiger partial charge is 0.145 e. The number of nitrogens with two attached hydrogens (primary N) is 1. The molecule has 0 radical (unpaired) electrons. The van der Waals surface area contributed by atoms with E-state index in [0.29, 0.717) is 17.1 Å². The van der Waals surface area contributed by atoms with E-state index in [0.717, 1.165) is 18.4 Å². The normalized spacial score (nSPS) is 12.2. The van der Waals surface area contributed by atoms with Crippen molar-refractivity contribution in [2.75, 3.05) is 0 Å². The molecule has 1 aromatic heterocycles. The number of pyridine rings is 1. The maximum atomic E-state index is 13.2. The first kappa shape index (κ1) is 14.5. The van der Waals surface area contributed by atoms with Gasteiger partial charge in [0.1, 0.15) is 17.3 Å². The Bertz CT molecular complexity index is 586. The molecule has 0 aliphatic carbocycles. The summed E-state index contributed by atoms with van der Waals surface area (Å²) in [4.78, 5) is 4.15. The summed E-state index contributed by atoms with van der Waals surface area (Å²) in [6, 6.07) is 6.71. The van der Waals surface area contributed by atoms with Gasteiger partial charge in [-0.05, 0) is 55.2 Å². The van der Waals surface area contributed by atoms with E-state index < -0.39 is 0 Å².